The molecule has 2 heteroatoms. The SMILES string of the molecule is CCCCn1c2ccccc2c2cc(/C=C/c3ccc(C=O)cc3)ccc21. The zero-order chi connectivity index (χ0) is 18.6. The molecule has 134 valence electrons. The molecule has 4 aromatic rings. The Kier molecular flexibility index (Phi) is 4.88. The fraction of sp³-hybridized carbons (Fsp3) is 0.160. The van der Waals surface area contributed by atoms with Crippen molar-refractivity contribution in [1.29, 1.82) is 0 Å². The van der Waals surface area contributed by atoms with Crippen LogP contribution in [0.3, 0.4) is 0 Å². The average molecular weight is 353 g/mol. The lowest BCUT2D eigenvalue weighted by molar-refractivity contribution is 0.112. The topological polar surface area (TPSA) is 22.0 Å². The number of benzene rings is 3. The molecule has 0 unspecified atom stereocenters. The van der Waals surface area contributed by atoms with Gasteiger partial charge in [0, 0.05) is 33.9 Å². The van der Waals surface area contributed by atoms with Crippen molar-refractivity contribution in [3.63, 3.8) is 0 Å². The van der Waals surface area contributed by atoms with E-state index in [0.717, 1.165) is 18.4 Å². The van der Waals surface area contributed by atoms with Crippen LogP contribution in [0.25, 0.3) is 34.0 Å². The molecule has 2 nitrogen and oxygen atoms in total. The van der Waals surface area contributed by atoms with Crippen molar-refractivity contribution in [2.45, 2.75) is 26.3 Å². The number of aldehydes is 1. The highest BCUT2D eigenvalue weighted by Gasteiger charge is 2.09. The van der Waals surface area contributed by atoms with Gasteiger partial charge in [-0.15, -0.1) is 0 Å². The molecule has 0 saturated carbocycles. The quantitative estimate of drug-likeness (QED) is 0.283. The molecule has 1 heterocycles. The minimum absolute atomic E-state index is 0.702. The highest BCUT2D eigenvalue weighted by atomic mass is 16.1. The van der Waals surface area contributed by atoms with Gasteiger partial charge in [0.2, 0.25) is 0 Å². The Morgan fingerprint density at radius 2 is 1.44 bits per heavy atom. The maximum Gasteiger partial charge on any atom is 0.150 e. The van der Waals surface area contributed by atoms with Crippen LogP contribution in [0.2, 0.25) is 0 Å². The smallest absolute Gasteiger partial charge is 0.150 e. The highest BCUT2D eigenvalue weighted by Crippen LogP contribution is 2.30. The van der Waals surface area contributed by atoms with Crippen LogP contribution in [0.1, 0.15) is 41.3 Å². The van der Waals surface area contributed by atoms with Crippen LogP contribution in [0, 0.1) is 0 Å². The van der Waals surface area contributed by atoms with Gasteiger partial charge in [-0.1, -0.05) is 74.0 Å². The van der Waals surface area contributed by atoms with Gasteiger partial charge < -0.3 is 4.57 Å². The van der Waals surface area contributed by atoms with E-state index < -0.39 is 0 Å². The van der Waals surface area contributed by atoms with Crippen molar-refractivity contribution < 1.29 is 4.79 Å². The van der Waals surface area contributed by atoms with Gasteiger partial charge >= 0.3 is 0 Å². The zero-order valence-electron chi connectivity index (χ0n) is 15.6. The number of para-hydroxylation sites is 1. The lowest BCUT2D eigenvalue weighted by Crippen LogP contribution is -1.96. The highest BCUT2D eigenvalue weighted by molar-refractivity contribution is 6.08. The first-order valence-corrected chi connectivity index (χ1v) is 9.54. The van der Waals surface area contributed by atoms with Gasteiger partial charge in [-0.25, -0.2) is 0 Å². The molecule has 0 atom stereocenters. The van der Waals surface area contributed by atoms with E-state index in [1.165, 1.54) is 40.2 Å². The predicted molar refractivity (Wildman–Crippen MR) is 115 cm³/mol. The molecule has 0 saturated heterocycles. The molecule has 0 aliphatic carbocycles. The van der Waals surface area contributed by atoms with Crippen molar-refractivity contribution in [2.75, 3.05) is 0 Å². The number of hydrogen-bond acceptors (Lipinski definition) is 1. The van der Waals surface area contributed by atoms with Gasteiger partial charge in [0.15, 0.2) is 0 Å². The standard InChI is InChI=1S/C25H23NO/c1-2-3-16-26-24-7-5-4-6-22(24)23-17-20(14-15-25(23)26)11-8-19-9-12-21(18-27)13-10-19/h4-15,17-18H,2-3,16H2,1H3/b11-8+. The largest absolute Gasteiger partial charge is 0.340 e. The normalized spacial score (nSPS) is 11.6. The fourth-order valence-electron chi connectivity index (χ4n) is 3.61. The molecule has 0 aliphatic heterocycles. The Morgan fingerprint density at radius 1 is 0.778 bits per heavy atom. The maximum atomic E-state index is 10.8. The van der Waals surface area contributed by atoms with E-state index in [-0.39, 0.29) is 0 Å². The number of fused-ring (bicyclic) bond motifs is 3. The first-order chi connectivity index (χ1) is 13.3. The van der Waals surface area contributed by atoms with Crippen LogP contribution in [0.15, 0.2) is 66.7 Å². The van der Waals surface area contributed by atoms with Crippen molar-refractivity contribution >= 4 is 40.2 Å². The first kappa shape index (κ1) is 17.3. The number of aryl methyl sites for hydroxylation is 1. The molecular formula is C25H23NO. The molecule has 1 aromatic heterocycles. The fourth-order valence-corrected chi connectivity index (χ4v) is 3.61. The minimum atomic E-state index is 0.702. The summed E-state index contributed by atoms with van der Waals surface area (Å²) in [5, 5.41) is 2.62. The number of rotatable bonds is 6. The van der Waals surface area contributed by atoms with E-state index in [0.29, 0.717) is 5.56 Å². The monoisotopic (exact) mass is 353 g/mol. The number of aromatic nitrogens is 1. The van der Waals surface area contributed by atoms with Crippen molar-refractivity contribution in [1.82, 2.24) is 4.57 Å². The zero-order valence-corrected chi connectivity index (χ0v) is 15.6. The van der Waals surface area contributed by atoms with Crippen LogP contribution in [-0.4, -0.2) is 10.9 Å². The summed E-state index contributed by atoms with van der Waals surface area (Å²) in [4.78, 5) is 10.8. The average Bonchev–Trinajstić information content (AvgIpc) is 3.04. The van der Waals surface area contributed by atoms with E-state index >= 15 is 0 Å². The van der Waals surface area contributed by atoms with Crippen LogP contribution in [0.4, 0.5) is 0 Å². The van der Waals surface area contributed by atoms with Gasteiger partial charge in [0.25, 0.3) is 0 Å². The molecule has 0 amide bonds. The van der Waals surface area contributed by atoms with Gasteiger partial charge in [-0.05, 0) is 35.7 Å². The van der Waals surface area contributed by atoms with Crippen molar-refractivity contribution in [3.05, 3.63) is 83.4 Å². The summed E-state index contributed by atoms with van der Waals surface area (Å²) in [6.45, 7) is 3.29. The molecular weight excluding hydrogens is 330 g/mol. The summed E-state index contributed by atoms with van der Waals surface area (Å²) in [6, 6.07) is 23.0. The minimum Gasteiger partial charge on any atom is -0.340 e. The summed E-state index contributed by atoms with van der Waals surface area (Å²) in [5.41, 5.74) is 5.59. The summed E-state index contributed by atoms with van der Waals surface area (Å²) in [6.07, 6.45) is 7.47. The van der Waals surface area contributed by atoms with Gasteiger partial charge in [0.1, 0.15) is 6.29 Å². The number of unbranched alkanes of at least 4 members (excludes halogenated alkanes) is 1. The number of carbonyl (C=O) groups is 1. The Hall–Kier alpha value is -3.13. The van der Waals surface area contributed by atoms with Crippen molar-refractivity contribution in [3.8, 4) is 0 Å². The van der Waals surface area contributed by atoms with E-state index in [4.69, 9.17) is 0 Å². The Balaban J connectivity index is 1.74. The molecule has 0 radical (unpaired) electrons. The lowest BCUT2D eigenvalue weighted by Gasteiger charge is -2.06. The summed E-state index contributed by atoms with van der Waals surface area (Å²) in [7, 11) is 0. The molecule has 0 spiro atoms. The third-order valence-electron chi connectivity index (χ3n) is 5.07. The number of nitrogens with zero attached hydrogens (tertiary/aromatic N) is 1. The van der Waals surface area contributed by atoms with E-state index in [1.54, 1.807) is 0 Å². The molecule has 3 aromatic carbocycles. The van der Waals surface area contributed by atoms with Gasteiger partial charge in [-0.2, -0.15) is 0 Å². The van der Waals surface area contributed by atoms with E-state index in [2.05, 4.69) is 66.1 Å². The molecule has 0 N–H and O–H groups in total. The van der Waals surface area contributed by atoms with Crippen LogP contribution in [-0.2, 0) is 6.54 Å². The second-order valence-corrected chi connectivity index (χ2v) is 6.92. The van der Waals surface area contributed by atoms with Crippen LogP contribution >= 0.6 is 0 Å². The molecule has 0 fully saturated rings. The maximum absolute atomic E-state index is 10.8. The molecule has 0 aliphatic rings. The van der Waals surface area contributed by atoms with E-state index in [1.807, 2.05) is 24.3 Å². The van der Waals surface area contributed by atoms with Crippen LogP contribution < -0.4 is 0 Å². The van der Waals surface area contributed by atoms with Crippen LogP contribution in [0.5, 0.6) is 0 Å². The van der Waals surface area contributed by atoms with Gasteiger partial charge in [0.05, 0.1) is 0 Å². The lowest BCUT2D eigenvalue weighted by atomic mass is 10.1. The number of hydrogen-bond donors (Lipinski definition) is 0. The first-order valence-electron chi connectivity index (χ1n) is 9.54. The number of carbonyl (C=O) groups excluding carboxylic acids is 1. The molecule has 27 heavy (non-hydrogen) atoms. The Bertz CT molecular complexity index is 1120. The third-order valence-corrected chi connectivity index (χ3v) is 5.07. The Labute approximate surface area is 159 Å². The third kappa shape index (κ3) is 3.43. The second-order valence-electron chi connectivity index (χ2n) is 6.92. The van der Waals surface area contributed by atoms with Gasteiger partial charge in [-0.3, -0.25) is 4.79 Å². The summed E-state index contributed by atoms with van der Waals surface area (Å²) >= 11 is 0. The van der Waals surface area contributed by atoms with Crippen molar-refractivity contribution in [2.24, 2.45) is 0 Å². The Morgan fingerprint density at radius 3 is 2.22 bits per heavy atom. The molecule has 4 rings (SSSR count). The summed E-state index contributed by atoms with van der Waals surface area (Å²) in [5.74, 6) is 0. The van der Waals surface area contributed by atoms with E-state index in [9.17, 15) is 4.79 Å². The molecule has 0 bridgehead atoms. The summed E-state index contributed by atoms with van der Waals surface area (Å²) < 4.78 is 2.44. The predicted octanol–water partition coefficient (Wildman–Crippen LogP) is 6.58. The second kappa shape index (κ2) is 7.63.